The Bertz CT molecular complexity index is 392. The van der Waals surface area contributed by atoms with Crippen molar-refractivity contribution in [3.05, 3.63) is 29.3 Å². The van der Waals surface area contributed by atoms with Gasteiger partial charge in [-0.1, -0.05) is 26.0 Å². The average Bonchev–Trinajstić information content (AvgIpc) is 2.76. The fraction of sp³-hybridized carbons (Fsp3) is 0.600. The van der Waals surface area contributed by atoms with Crippen LogP contribution >= 0.6 is 0 Å². The molecule has 1 fully saturated rings. The van der Waals surface area contributed by atoms with E-state index in [2.05, 4.69) is 44.3 Å². The first-order valence-corrected chi connectivity index (χ1v) is 6.51. The van der Waals surface area contributed by atoms with E-state index in [1.165, 1.54) is 24.0 Å². The summed E-state index contributed by atoms with van der Waals surface area (Å²) >= 11 is 0. The van der Waals surface area contributed by atoms with Crippen molar-refractivity contribution < 1.29 is 4.74 Å². The summed E-state index contributed by atoms with van der Waals surface area (Å²) in [4.78, 5) is 0. The van der Waals surface area contributed by atoms with Gasteiger partial charge < -0.3 is 10.1 Å². The summed E-state index contributed by atoms with van der Waals surface area (Å²) in [5, 5.41) is 3.64. The third-order valence-corrected chi connectivity index (χ3v) is 3.83. The summed E-state index contributed by atoms with van der Waals surface area (Å²) in [7, 11) is 1.76. The van der Waals surface area contributed by atoms with Crippen LogP contribution in [-0.2, 0) is 5.54 Å². The smallest absolute Gasteiger partial charge is 0.122 e. The lowest BCUT2D eigenvalue weighted by molar-refractivity contribution is 0.393. The zero-order valence-corrected chi connectivity index (χ0v) is 11.3. The first-order chi connectivity index (χ1) is 8.08. The topological polar surface area (TPSA) is 21.3 Å². The van der Waals surface area contributed by atoms with E-state index in [1.807, 2.05) is 0 Å². The maximum atomic E-state index is 5.52. The quantitative estimate of drug-likeness (QED) is 0.863. The maximum absolute atomic E-state index is 5.52. The highest BCUT2D eigenvalue weighted by molar-refractivity contribution is 5.46. The fourth-order valence-electron chi connectivity index (χ4n) is 2.92. The molecule has 1 saturated heterocycles. The van der Waals surface area contributed by atoms with Gasteiger partial charge in [0.1, 0.15) is 5.75 Å². The van der Waals surface area contributed by atoms with Gasteiger partial charge in [-0.25, -0.2) is 0 Å². The summed E-state index contributed by atoms with van der Waals surface area (Å²) < 4.78 is 5.52. The van der Waals surface area contributed by atoms with Crippen molar-refractivity contribution in [2.24, 2.45) is 0 Å². The van der Waals surface area contributed by atoms with Crippen LogP contribution in [0.15, 0.2) is 18.2 Å². The maximum Gasteiger partial charge on any atom is 0.122 e. The van der Waals surface area contributed by atoms with Crippen LogP contribution in [0.1, 0.15) is 50.7 Å². The van der Waals surface area contributed by atoms with Gasteiger partial charge in [-0.2, -0.15) is 0 Å². The van der Waals surface area contributed by atoms with Gasteiger partial charge in [0.25, 0.3) is 0 Å². The molecule has 2 rings (SSSR count). The van der Waals surface area contributed by atoms with E-state index in [1.54, 1.807) is 7.11 Å². The Labute approximate surface area is 104 Å². The second kappa shape index (κ2) is 4.69. The van der Waals surface area contributed by atoms with E-state index in [0.29, 0.717) is 5.92 Å². The average molecular weight is 233 g/mol. The van der Waals surface area contributed by atoms with Crippen LogP contribution < -0.4 is 10.1 Å². The van der Waals surface area contributed by atoms with Gasteiger partial charge >= 0.3 is 0 Å². The summed E-state index contributed by atoms with van der Waals surface area (Å²) in [5.41, 5.74) is 2.88. The molecule has 1 aliphatic heterocycles. The molecular weight excluding hydrogens is 210 g/mol. The van der Waals surface area contributed by atoms with E-state index < -0.39 is 0 Å². The number of benzene rings is 1. The van der Waals surface area contributed by atoms with Crippen LogP contribution in [0.2, 0.25) is 0 Å². The first-order valence-electron chi connectivity index (χ1n) is 6.51. The van der Waals surface area contributed by atoms with E-state index in [0.717, 1.165) is 12.3 Å². The number of hydrogen-bond donors (Lipinski definition) is 1. The molecule has 2 heteroatoms. The largest absolute Gasteiger partial charge is 0.496 e. The molecule has 1 N–H and O–H groups in total. The highest BCUT2D eigenvalue weighted by atomic mass is 16.5. The number of rotatable bonds is 3. The minimum absolute atomic E-state index is 0.119. The van der Waals surface area contributed by atoms with Crippen molar-refractivity contribution in [2.45, 2.75) is 45.1 Å². The standard InChI is InChI=1S/C15H23NO/c1-11(2)14-12(7-5-8-13(14)17-4)15(3)9-6-10-16-15/h5,7-8,11,16H,6,9-10H2,1-4H3. The van der Waals surface area contributed by atoms with Crippen LogP contribution in [0, 0.1) is 0 Å². The minimum atomic E-state index is 0.119. The molecular formula is C15H23NO. The lowest BCUT2D eigenvalue weighted by Crippen LogP contribution is -2.34. The molecule has 1 unspecified atom stereocenters. The molecule has 1 heterocycles. The number of nitrogens with one attached hydrogen (secondary N) is 1. The molecule has 1 atom stereocenters. The summed E-state index contributed by atoms with van der Waals surface area (Å²) in [5.74, 6) is 1.51. The van der Waals surface area contributed by atoms with Crippen LogP contribution in [0.4, 0.5) is 0 Å². The lowest BCUT2D eigenvalue weighted by Gasteiger charge is -2.30. The van der Waals surface area contributed by atoms with Gasteiger partial charge in [-0.05, 0) is 43.9 Å². The van der Waals surface area contributed by atoms with Gasteiger partial charge in [-0.3, -0.25) is 0 Å². The molecule has 1 aromatic rings. The molecule has 0 aromatic heterocycles. The van der Waals surface area contributed by atoms with Crippen LogP contribution in [0.5, 0.6) is 5.75 Å². The van der Waals surface area contributed by atoms with E-state index in [9.17, 15) is 0 Å². The van der Waals surface area contributed by atoms with E-state index >= 15 is 0 Å². The molecule has 1 aliphatic rings. The van der Waals surface area contributed by atoms with Crippen molar-refractivity contribution >= 4 is 0 Å². The van der Waals surface area contributed by atoms with Crippen LogP contribution in [0.3, 0.4) is 0 Å². The molecule has 0 amide bonds. The Balaban J connectivity index is 2.52. The van der Waals surface area contributed by atoms with Crippen molar-refractivity contribution in [3.8, 4) is 5.75 Å². The zero-order valence-electron chi connectivity index (χ0n) is 11.3. The Morgan fingerprint density at radius 3 is 2.65 bits per heavy atom. The number of ether oxygens (including phenoxy) is 1. The predicted molar refractivity (Wildman–Crippen MR) is 71.7 cm³/mol. The second-order valence-corrected chi connectivity index (χ2v) is 5.44. The molecule has 0 aliphatic carbocycles. The van der Waals surface area contributed by atoms with Gasteiger partial charge in [0.2, 0.25) is 0 Å². The Kier molecular flexibility index (Phi) is 3.43. The molecule has 0 radical (unpaired) electrons. The molecule has 17 heavy (non-hydrogen) atoms. The highest BCUT2D eigenvalue weighted by Gasteiger charge is 2.33. The molecule has 1 aromatic carbocycles. The normalized spacial score (nSPS) is 24.3. The minimum Gasteiger partial charge on any atom is -0.496 e. The number of hydrogen-bond acceptors (Lipinski definition) is 2. The van der Waals surface area contributed by atoms with Gasteiger partial charge in [0, 0.05) is 11.1 Å². The molecule has 94 valence electrons. The van der Waals surface area contributed by atoms with Crippen molar-refractivity contribution in [2.75, 3.05) is 13.7 Å². The lowest BCUT2D eigenvalue weighted by atomic mass is 9.83. The van der Waals surface area contributed by atoms with E-state index in [-0.39, 0.29) is 5.54 Å². The summed E-state index contributed by atoms with van der Waals surface area (Å²) in [6.07, 6.45) is 2.46. The van der Waals surface area contributed by atoms with Crippen LogP contribution in [0.25, 0.3) is 0 Å². The summed E-state index contributed by atoms with van der Waals surface area (Å²) in [6.45, 7) is 7.89. The Morgan fingerprint density at radius 2 is 2.12 bits per heavy atom. The van der Waals surface area contributed by atoms with Crippen molar-refractivity contribution in [1.82, 2.24) is 5.32 Å². The summed E-state index contributed by atoms with van der Waals surface area (Å²) in [6, 6.07) is 6.42. The first kappa shape index (κ1) is 12.4. The molecule has 2 nitrogen and oxygen atoms in total. The van der Waals surface area contributed by atoms with Crippen molar-refractivity contribution in [3.63, 3.8) is 0 Å². The molecule has 0 saturated carbocycles. The fourth-order valence-corrected chi connectivity index (χ4v) is 2.92. The van der Waals surface area contributed by atoms with Gasteiger partial charge in [0.15, 0.2) is 0 Å². The number of methoxy groups -OCH3 is 1. The van der Waals surface area contributed by atoms with Gasteiger partial charge in [0.05, 0.1) is 7.11 Å². The molecule has 0 bridgehead atoms. The molecule has 0 spiro atoms. The van der Waals surface area contributed by atoms with Crippen molar-refractivity contribution in [1.29, 1.82) is 0 Å². The second-order valence-electron chi connectivity index (χ2n) is 5.44. The van der Waals surface area contributed by atoms with E-state index in [4.69, 9.17) is 4.74 Å². The predicted octanol–water partition coefficient (Wildman–Crippen LogP) is 3.42. The third kappa shape index (κ3) is 2.19. The zero-order chi connectivity index (χ0) is 12.5. The SMILES string of the molecule is COc1cccc(C2(C)CCCN2)c1C(C)C. The Morgan fingerprint density at radius 1 is 1.35 bits per heavy atom. The highest BCUT2D eigenvalue weighted by Crippen LogP contribution is 2.39. The monoisotopic (exact) mass is 233 g/mol. The van der Waals surface area contributed by atoms with Crippen LogP contribution in [-0.4, -0.2) is 13.7 Å². The van der Waals surface area contributed by atoms with Gasteiger partial charge in [-0.15, -0.1) is 0 Å². The Hall–Kier alpha value is -1.02. The third-order valence-electron chi connectivity index (χ3n) is 3.83.